The van der Waals surface area contributed by atoms with Crippen molar-refractivity contribution in [2.75, 3.05) is 39.8 Å². The predicted molar refractivity (Wildman–Crippen MR) is 97.8 cm³/mol. The average Bonchev–Trinajstić information content (AvgIpc) is 3.01. The first-order valence-electron chi connectivity index (χ1n) is 9.38. The monoisotopic (exact) mass is 329 g/mol. The van der Waals surface area contributed by atoms with Gasteiger partial charge < -0.3 is 10.2 Å². The zero-order valence-electron chi connectivity index (χ0n) is 15.1. The van der Waals surface area contributed by atoms with Crippen molar-refractivity contribution in [1.82, 2.24) is 15.1 Å². The molecule has 1 N–H and O–H groups in total. The van der Waals surface area contributed by atoms with Gasteiger partial charge in [-0.2, -0.15) is 0 Å². The molecule has 0 aromatic heterocycles. The van der Waals surface area contributed by atoms with Gasteiger partial charge in [-0.1, -0.05) is 43.7 Å². The van der Waals surface area contributed by atoms with Crippen LogP contribution < -0.4 is 5.32 Å². The summed E-state index contributed by atoms with van der Waals surface area (Å²) >= 11 is 0. The molecule has 3 atom stereocenters. The lowest BCUT2D eigenvalue weighted by molar-refractivity contribution is -0.127. The van der Waals surface area contributed by atoms with Crippen LogP contribution in [0.4, 0.5) is 0 Å². The third kappa shape index (κ3) is 4.37. The number of likely N-dealkylation sites (N-methyl/N-ethyl adjacent to an activating group) is 1. The van der Waals surface area contributed by atoms with E-state index in [1.54, 1.807) is 0 Å². The van der Waals surface area contributed by atoms with E-state index in [0.717, 1.165) is 44.2 Å². The van der Waals surface area contributed by atoms with Gasteiger partial charge in [-0.05, 0) is 37.3 Å². The molecule has 4 heteroatoms. The second-order valence-corrected chi connectivity index (χ2v) is 7.68. The van der Waals surface area contributed by atoms with E-state index in [1.165, 1.54) is 19.3 Å². The fraction of sp³-hybridized carbons (Fsp3) is 0.650. The molecule has 132 valence electrons. The molecular weight excluding hydrogens is 298 g/mol. The van der Waals surface area contributed by atoms with Crippen molar-refractivity contribution >= 4 is 5.91 Å². The fourth-order valence-corrected chi connectivity index (χ4v) is 4.10. The van der Waals surface area contributed by atoms with Crippen LogP contribution in [0.2, 0.25) is 0 Å². The average molecular weight is 329 g/mol. The molecule has 0 bridgehead atoms. The van der Waals surface area contributed by atoms with Crippen molar-refractivity contribution in [3.8, 4) is 0 Å². The molecule has 0 radical (unpaired) electrons. The van der Waals surface area contributed by atoms with Crippen molar-refractivity contribution < 1.29 is 4.79 Å². The Morgan fingerprint density at radius 1 is 1.17 bits per heavy atom. The van der Waals surface area contributed by atoms with Gasteiger partial charge in [0, 0.05) is 32.7 Å². The molecule has 3 unspecified atom stereocenters. The second kappa shape index (κ2) is 8.13. The standard InChI is InChI=1S/C20H31N3O/c1-16-8-9-17(14-16)15-21-20(24)19(18-6-4-3-5-7-18)23-12-10-22(2)11-13-23/h3-7,16-17,19H,8-15H2,1-2H3,(H,21,24). The highest BCUT2D eigenvalue weighted by Crippen LogP contribution is 2.30. The Balaban J connectivity index is 1.66. The summed E-state index contributed by atoms with van der Waals surface area (Å²) in [6.07, 6.45) is 3.82. The molecule has 1 aromatic carbocycles. The van der Waals surface area contributed by atoms with Crippen LogP contribution in [-0.2, 0) is 4.79 Å². The second-order valence-electron chi connectivity index (χ2n) is 7.68. The van der Waals surface area contributed by atoms with Crippen LogP contribution in [0.15, 0.2) is 30.3 Å². The van der Waals surface area contributed by atoms with Crippen molar-refractivity contribution in [2.24, 2.45) is 11.8 Å². The van der Waals surface area contributed by atoms with E-state index < -0.39 is 0 Å². The molecule has 0 spiro atoms. The highest BCUT2D eigenvalue weighted by atomic mass is 16.2. The third-order valence-electron chi connectivity index (χ3n) is 5.64. The van der Waals surface area contributed by atoms with Gasteiger partial charge in [-0.3, -0.25) is 9.69 Å². The van der Waals surface area contributed by atoms with Gasteiger partial charge in [-0.15, -0.1) is 0 Å². The quantitative estimate of drug-likeness (QED) is 0.902. The number of rotatable bonds is 5. The van der Waals surface area contributed by atoms with Gasteiger partial charge in [0.1, 0.15) is 6.04 Å². The van der Waals surface area contributed by atoms with Crippen LogP contribution in [0.1, 0.15) is 37.8 Å². The number of benzene rings is 1. The number of hydrogen-bond acceptors (Lipinski definition) is 3. The van der Waals surface area contributed by atoms with Gasteiger partial charge >= 0.3 is 0 Å². The summed E-state index contributed by atoms with van der Waals surface area (Å²) in [5.74, 6) is 1.65. The Morgan fingerprint density at radius 3 is 2.50 bits per heavy atom. The lowest BCUT2D eigenvalue weighted by atomic mass is 10.0. The number of amides is 1. The summed E-state index contributed by atoms with van der Waals surface area (Å²) in [5, 5.41) is 3.26. The molecule has 3 rings (SSSR count). The van der Waals surface area contributed by atoms with E-state index in [4.69, 9.17) is 0 Å². The lowest BCUT2D eigenvalue weighted by Gasteiger charge is -2.37. The Kier molecular flexibility index (Phi) is 5.90. The minimum Gasteiger partial charge on any atom is -0.354 e. The van der Waals surface area contributed by atoms with Crippen LogP contribution in [0.3, 0.4) is 0 Å². The van der Waals surface area contributed by atoms with E-state index in [-0.39, 0.29) is 11.9 Å². The number of nitrogens with zero attached hydrogens (tertiary/aromatic N) is 2. The molecule has 1 saturated carbocycles. The summed E-state index contributed by atoms with van der Waals surface area (Å²) < 4.78 is 0. The molecule has 1 saturated heterocycles. The van der Waals surface area contributed by atoms with Crippen LogP contribution in [0.5, 0.6) is 0 Å². The maximum Gasteiger partial charge on any atom is 0.241 e. The topological polar surface area (TPSA) is 35.6 Å². The van der Waals surface area contributed by atoms with Gasteiger partial charge in [0.15, 0.2) is 0 Å². The maximum absolute atomic E-state index is 13.0. The Labute approximate surface area is 146 Å². The van der Waals surface area contributed by atoms with Crippen molar-refractivity contribution in [1.29, 1.82) is 0 Å². The highest BCUT2D eigenvalue weighted by Gasteiger charge is 2.30. The molecule has 4 nitrogen and oxygen atoms in total. The van der Waals surface area contributed by atoms with Crippen molar-refractivity contribution in [3.63, 3.8) is 0 Å². The van der Waals surface area contributed by atoms with E-state index in [1.807, 2.05) is 18.2 Å². The fourth-order valence-electron chi connectivity index (χ4n) is 4.10. The SMILES string of the molecule is CC1CCC(CNC(=O)C(c2ccccc2)N2CCN(C)CC2)C1. The molecule has 2 fully saturated rings. The maximum atomic E-state index is 13.0. The normalized spacial score (nSPS) is 27.1. The number of carbonyl (C=O) groups excluding carboxylic acids is 1. The van der Waals surface area contributed by atoms with E-state index in [2.05, 4.69) is 41.2 Å². The van der Waals surface area contributed by atoms with Gasteiger partial charge in [-0.25, -0.2) is 0 Å². The van der Waals surface area contributed by atoms with Crippen molar-refractivity contribution in [3.05, 3.63) is 35.9 Å². The summed E-state index contributed by atoms with van der Waals surface area (Å²) in [6.45, 7) is 7.10. The molecule has 1 aliphatic heterocycles. The predicted octanol–water partition coefficient (Wildman–Crippen LogP) is 2.53. The number of nitrogens with one attached hydrogen (secondary N) is 1. The summed E-state index contributed by atoms with van der Waals surface area (Å²) in [5.41, 5.74) is 1.11. The van der Waals surface area contributed by atoms with Gasteiger partial charge in [0.25, 0.3) is 0 Å². The van der Waals surface area contributed by atoms with E-state index in [9.17, 15) is 4.79 Å². The highest BCUT2D eigenvalue weighted by molar-refractivity contribution is 5.83. The molecule has 2 aliphatic rings. The first-order valence-corrected chi connectivity index (χ1v) is 9.38. The number of piperazine rings is 1. The van der Waals surface area contributed by atoms with Gasteiger partial charge in [0.05, 0.1) is 0 Å². The van der Waals surface area contributed by atoms with Crippen molar-refractivity contribution in [2.45, 2.75) is 32.2 Å². The van der Waals surface area contributed by atoms with Gasteiger partial charge in [0.2, 0.25) is 5.91 Å². The van der Waals surface area contributed by atoms with E-state index in [0.29, 0.717) is 5.92 Å². The lowest BCUT2D eigenvalue weighted by Crippen LogP contribution is -2.50. The van der Waals surface area contributed by atoms with E-state index >= 15 is 0 Å². The number of hydrogen-bond donors (Lipinski definition) is 1. The minimum absolute atomic E-state index is 0.154. The minimum atomic E-state index is -0.154. The molecule has 1 aromatic rings. The Hall–Kier alpha value is -1.39. The van der Waals surface area contributed by atoms with Crippen LogP contribution in [0, 0.1) is 11.8 Å². The molecule has 24 heavy (non-hydrogen) atoms. The Bertz CT molecular complexity index is 525. The molecule has 1 heterocycles. The molecule has 1 amide bonds. The first-order chi connectivity index (χ1) is 11.6. The van der Waals surface area contributed by atoms with Crippen LogP contribution >= 0.6 is 0 Å². The van der Waals surface area contributed by atoms with Crippen LogP contribution in [-0.4, -0.2) is 55.5 Å². The molecule has 1 aliphatic carbocycles. The Morgan fingerprint density at radius 2 is 1.88 bits per heavy atom. The summed E-state index contributed by atoms with van der Waals surface area (Å²) in [6, 6.07) is 10.1. The van der Waals surface area contributed by atoms with Crippen LogP contribution in [0.25, 0.3) is 0 Å². The molecular formula is C20H31N3O. The summed E-state index contributed by atoms with van der Waals surface area (Å²) in [4.78, 5) is 17.7. The zero-order valence-corrected chi connectivity index (χ0v) is 15.1. The summed E-state index contributed by atoms with van der Waals surface area (Å²) in [7, 11) is 2.15. The number of carbonyl (C=O) groups is 1. The first kappa shape index (κ1) is 17.4. The smallest absolute Gasteiger partial charge is 0.241 e. The zero-order chi connectivity index (χ0) is 16.9. The third-order valence-corrected chi connectivity index (χ3v) is 5.64. The largest absolute Gasteiger partial charge is 0.354 e.